The van der Waals surface area contributed by atoms with E-state index in [0.717, 1.165) is 5.56 Å². The van der Waals surface area contributed by atoms with Gasteiger partial charge in [-0.3, -0.25) is 9.59 Å². The lowest BCUT2D eigenvalue weighted by Crippen LogP contribution is -2.49. The highest BCUT2D eigenvalue weighted by Gasteiger charge is 2.44. The van der Waals surface area contributed by atoms with Crippen LogP contribution in [-0.4, -0.2) is 42.1 Å². The third kappa shape index (κ3) is 3.27. The number of piperidine rings is 1. The second-order valence-electron chi connectivity index (χ2n) is 6.39. The van der Waals surface area contributed by atoms with Crippen LogP contribution in [0.5, 0.6) is 5.75 Å². The Kier molecular flexibility index (Phi) is 5.18. The number of nitrogens with zero attached hydrogens (tertiary/aromatic N) is 1. The summed E-state index contributed by atoms with van der Waals surface area (Å²) in [6.07, 6.45) is 0.724. The summed E-state index contributed by atoms with van der Waals surface area (Å²) in [6, 6.07) is 14.1. The van der Waals surface area contributed by atoms with E-state index in [9.17, 15) is 14.7 Å². The third-order valence-corrected chi connectivity index (χ3v) is 5.27. The number of aliphatic carboxylic acids is 1. The highest BCUT2D eigenvalue weighted by Crippen LogP contribution is 2.37. The number of hydrogen-bond acceptors (Lipinski definition) is 3. The van der Waals surface area contributed by atoms with Crippen molar-refractivity contribution >= 4 is 23.5 Å². The van der Waals surface area contributed by atoms with Crippen LogP contribution in [-0.2, 0) is 10.2 Å². The Morgan fingerprint density at radius 2 is 1.77 bits per heavy atom. The van der Waals surface area contributed by atoms with Gasteiger partial charge in [0.05, 0.1) is 18.1 Å². The first kappa shape index (κ1) is 18.3. The monoisotopic (exact) mass is 373 g/mol. The number of ether oxygens (including phenoxy) is 1. The Balaban J connectivity index is 1.82. The fraction of sp³-hybridized carbons (Fsp3) is 0.300. The Bertz CT molecular complexity index is 814. The second kappa shape index (κ2) is 7.38. The van der Waals surface area contributed by atoms with Crippen LogP contribution in [0.4, 0.5) is 0 Å². The number of carbonyl (C=O) groups is 2. The van der Waals surface area contributed by atoms with Crippen LogP contribution in [0.1, 0.15) is 28.8 Å². The van der Waals surface area contributed by atoms with Crippen LogP contribution in [0.3, 0.4) is 0 Å². The van der Waals surface area contributed by atoms with Crippen molar-refractivity contribution in [3.63, 3.8) is 0 Å². The highest BCUT2D eigenvalue weighted by molar-refractivity contribution is 6.31. The number of benzene rings is 2. The molecule has 136 valence electrons. The zero-order valence-electron chi connectivity index (χ0n) is 14.4. The van der Waals surface area contributed by atoms with Crippen molar-refractivity contribution < 1.29 is 19.4 Å². The van der Waals surface area contributed by atoms with Gasteiger partial charge in [0.1, 0.15) is 5.75 Å². The molecule has 3 rings (SSSR count). The third-order valence-electron chi connectivity index (χ3n) is 5.03. The van der Waals surface area contributed by atoms with E-state index >= 15 is 0 Å². The van der Waals surface area contributed by atoms with Crippen molar-refractivity contribution in [2.75, 3.05) is 20.2 Å². The molecule has 1 aliphatic rings. The minimum absolute atomic E-state index is 0.198. The first-order valence-corrected chi connectivity index (χ1v) is 8.77. The summed E-state index contributed by atoms with van der Waals surface area (Å²) in [5.74, 6) is -0.593. The molecule has 26 heavy (non-hydrogen) atoms. The molecule has 2 aromatic rings. The SMILES string of the molecule is COc1ccc(Cl)cc1C(=O)N1CCC(C(=O)O)(c2ccccc2)CC1. The van der Waals surface area contributed by atoms with Crippen LogP contribution in [0.25, 0.3) is 0 Å². The summed E-state index contributed by atoms with van der Waals surface area (Å²) < 4.78 is 5.26. The summed E-state index contributed by atoms with van der Waals surface area (Å²) in [6.45, 7) is 0.714. The molecular formula is C20H20ClNO4. The summed E-state index contributed by atoms with van der Waals surface area (Å²) in [5.41, 5.74) is 0.207. The van der Waals surface area contributed by atoms with E-state index in [1.807, 2.05) is 30.3 Å². The van der Waals surface area contributed by atoms with Gasteiger partial charge in [-0.25, -0.2) is 0 Å². The number of halogens is 1. The molecule has 1 amide bonds. The van der Waals surface area contributed by atoms with Gasteiger partial charge < -0.3 is 14.7 Å². The van der Waals surface area contributed by atoms with E-state index in [-0.39, 0.29) is 5.91 Å². The van der Waals surface area contributed by atoms with Gasteiger partial charge in [-0.1, -0.05) is 41.9 Å². The number of hydrogen-bond donors (Lipinski definition) is 1. The fourth-order valence-corrected chi connectivity index (χ4v) is 3.66. The van der Waals surface area contributed by atoms with Gasteiger partial charge in [0.25, 0.3) is 5.91 Å². The number of methoxy groups -OCH3 is 1. The molecule has 0 spiro atoms. The van der Waals surface area contributed by atoms with Crippen molar-refractivity contribution in [1.82, 2.24) is 4.90 Å². The average molecular weight is 374 g/mol. The lowest BCUT2D eigenvalue weighted by molar-refractivity contribution is -0.145. The number of likely N-dealkylation sites (tertiary alicyclic amines) is 1. The number of carboxylic acids is 1. The van der Waals surface area contributed by atoms with E-state index < -0.39 is 11.4 Å². The van der Waals surface area contributed by atoms with Crippen molar-refractivity contribution in [3.8, 4) is 5.75 Å². The molecule has 0 atom stereocenters. The van der Waals surface area contributed by atoms with E-state index in [1.165, 1.54) is 7.11 Å². The molecule has 1 fully saturated rings. The van der Waals surface area contributed by atoms with E-state index in [1.54, 1.807) is 23.1 Å². The first-order chi connectivity index (χ1) is 12.5. The van der Waals surface area contributed by atoms with E-state index in [4.69, 9.17) is 16.3 Å². The zero-order chi connectivity index (χ0) is 18.7. The molecule has 0 bridgehead atoms. The molecule has 1 saturated heterocycles. The fourth-order valence-electron chi connectivity index (χ4n) is 3.49. The van der Waals surface area contributed by atoms with Crippen LogP contribution in [0.15, 0.2) is 48.5 Å². The summed E-state index contributed by atoms with van der Waals surface area (Å²) >= 11 is 6.02. The smallest absolute Gasteiger partial charge is 0.314 e. The van der Waals surface area contributed by atoms with Crippen LogP contribution in [0, 0.1) is 0 Å². The molecule has 1 aliphatic heterocycles. The number of rotatable bonds is 4. The van der Waals surface area contributed by atoms with Gasteiger partial charge >= 0.3 is 5.97 Å². The van der Waals surface area contributed by atoms with Gasteiger partial charge in [0, 0.05) is 18.1 Å². The summed E-state index contributed by atoms with van der Waals surface area (Å²) in [7, 11) is 1.50. The standard InChI is InChI=1S/C20H20ClNO4/c1-26-17-8-7-15(21)13-16(17)18(23)22-11-9-20(10-12-22,19(24)25)14-5-3-2-4-6-14/h2-8,13H,9-12H2,1H3,(H,24,25). The van der Waals surface area contributed by atoms with E-state index in [2.05, 4.69) is 0 Å². The molecule has 0 saturated carbocycles. The lowest BCUT2D eigenvalue weighted by Gasteiger charge is -2.39. The van der Waals surface area contributed by atoms with Crippen molar-refractivity contribution in [1.29, 1.82) is 0 Å². The van der Waals surface area contributed by atoms with Gasteiger partial charge in [-0.2, -0.15) is 0 Å². The maximum Gasteiger partial charge on any atom is 0.314 e. The molecule has 0 aliphatic carbocycles. The zero-order valence-corrected chi connectivity index (χ0v) is 15.2. The van der Waals surface area contributed by atoms with Crippen LogP contribution < -0.4 is 4.74 Å². The number of carboxylic acid groups (broad SMARTS) is 1. The quantitative estimate of drug-likeness (QED) is 0.889. The largest absolute Gasteiger partial charge is 0.496 e. The molecule has 0 aromatic heterocycles. The van der Waals surface area contributed by atoms with Crippen molar-refractivity contribution in [2.24, 2.45) is 0 Å². The Hall–Kier alpha value is -2.53. The van der Waals surface area contributed by atoms with Gasteiger partial charge in [-0.15, -0.1) is 0 Å². The van der Waals surface area contributed by atoms with Crippen molar-refractivity contribution in [2.45, 2.75) is 18.3 Å². The van der Waals surface area contributed by atoms with Crippen LogP contribution >= 0.6 is 11.6 Å². The van der Waals surface area contributed by atoms with Crippen LogP contribution in [0.2, 0.25) is 5.02 Å². The second-order valence-corrected chi connectivity index (χ2v) is 6.83. The van der Waals surface area contributed by atoms with Gasteiger partial charge in [0.2, 0.25) is 0 Å². The van der Waals surface area contributed by atoms with Gasteiger partial charge in [0.15, 0.2) is 0 Å². The molecule has 5 nitrogen and oxygen atoms in total. The topological polar surface area (TPSA) is 66.8 Å². The molecule has 6 heteroatoms. The number of amides is 1. The summed E-state index contributed by atoms with van der Waals surface area (Å²) in [5, 5.41) is 10.3. The predicted octanol–water partition coefficient (Wildman–Crippen LogP) is 3.61. The first-order valence-electron chi connectivity index (χ1n) is 8.40. The highest BCUT2D eigenvalue weighted by atomic mass is 35.5. The molecule has 0 radical (unpaired) electrons. The molecular weight excluding hydrogens is 354 g/mol. The predicted molar refractivity (Wildman–Crippen MR) is 98.9 cm³/mol. The maximum absolute atomic E-state index is 12.9. The van der Waals surface area contributed by atoms with Crippen molar-refractivity contribution in [3.05, 3.63) is 64.7 Å². The maximum atomic E-state index is 12.9. The molecule has 0 unspecified atom stereocenters. The van der Waals surface area contributed by atoms with E-state index in [0.29, 0.717) is 42.3 Å². The lowest BCUT2D eigenvalue weighted by atomic mass is 9.72. The number of carbonyl (C=O) groups excluding carboxylic acids is 1. The Labute approximate surface area is 157 Å². The average Bonchev–Trinajstić information content (AvgIpc) is 2.68. The minimum Gasteiger partial charge on any atom is -0.496 e. The Morgan fingerprint density at radius 1 is 1.12 bits per heavy atom. The Morgan fingerprint density at radius 3 is 2.35 bits per heavy atom. The molecule has 1 heterocycles. The summed E-state index contributed by atoms with van der Waals surface area (Å²) in [4.78, 5) is 26.6. The van der Waals surface area contributed by atoms with Gasteiger partial charge in [-0.05, 0) is 36.6 Å². The minimum atomic E-state index is -0.962. The normalized spacial score (nSPS) is 16.2. The molecule has 1 N–H and O–H groups in total. The molecule has 2 aromatic carbocycles.